The summed E-state index contributed by atoms with van der Waals surface area (Å²) in [5, 5.41) is 12.3. The van der Waals surface area contributed by atoms with Gasteiger partial charge in [0.2, 0.25) is 0 Å². The Bertz CT molecular complexity index is 400. The summed E-state index contributed by atoms with van der Waals surface area (Å²) in [4.78, 5) is 15.4. The number of nitrogens with zero attached hydrogens (tertiary/aromatic N) is 1. The first-order chi connectivity index (χ1) is 8.63. The highest BCUT2D eigenvalue weighted by Gasteiger charge is 2.10. The molecule has 5 nitrogen and oxygen atoms in total. The van der Waals surface area contributed by atoms with Crippen LogP contribution in [0.5, 0.6) is 5.75 Å². The van der Waals surface area contributed by atoms with Gasteiger partial charge in [0, 0.05) is 0 Å². The summed E-state index contributed by atoms with van der Waals surface area (Å²) < 4.78 is 5.30. The molecule has 0 amide bonds. The van der Waals surface area contributed by atoms with E-state index >= 15 is 0 Å². The average Bonchev–Trinajstić information content (AvgIpc) is 2.36. The van der Waals surface area contributed by atoms with E-state index in [0.29, 0.717) is 6.61 Å². The Morgan fingerprint density at radius 3 is 2.67 bits per heavy atom. The molecule has 0 heterocycles. The number of carbonyl (C=O) groups is 1. The molecule has 0 saturated carbocycles. The van der Waals surface area contributed by atoms with Gasteiger partial charge in [-0.1, -0.05) is 5.16 Å². The Morgan fingerprint density at radius 1 is 1.44 bits per heavy atom. The summed E-state index contributed by atoms with van der Waals surface area (Å²) in [5.41, 5.74) is 0.862. The van der Waals surface area contributed by atoms with Crippen LogP contribution in [0.15, 0.2) is 29.4 Å². The lowest BCUT2D eigenvalue weighted by Gasteiger charge is -2.03. The van der Waals surface area contributed by atoms with Crippen LogP contribution in [-0.4, -0.2) is 30.5 Å². The molecule has 0 spiro atoms. The van der Waals surface area contributed by atoms with E-state index in [1.54, 1.807) is 6.92 Å². The number of rotatable bonds is 7. The molecule has 0 aromatic heterocycles. The number of carboxylic acids is 1. The van der Waals surface area contributed by atoms with Gasteiger partial charge in [-0.2, -0.15) is 0 Å². The van der Waals surface area contributed by atoms with Gasteiger partial charge in [0.15, 0.2) is 0 Å². The lowest BCUT2D eigenvalue weighted by atomic mass is 10.2. The molecule has 0 bridgehead atoms. The molecule has 0 aliphatic carbocycles. The van der Waals surface area contributed by atoms with Crippen molar-refractivity contribution in [2.45, 2.75) is 13.8 Å². The summed E-state index contributed by atoms with van der Waals surface area (Å²) in [6.45, 7) is 4.17. The number of hydrogen-bond acceptors (Lipinski definition) is 4. The molecule has 98 valence electrons. The molecule has 1 rings (SSSR count). The molecule has 18 heavy (non-hydrogen) atoms. The Balaban J connectivity index is 2.40. The predicted molar refractivity (Wildman–Crippen MR) is 68.0 cm³/mol. The minimum Gasteiger partial charge on any atom is -0.494 e. The van der Waals surface area contributed by atoms with Crippen LogP contribution in [0.25, 0.3) is 0 Å². The Morgan fingerprint density at radius 2 is 2.11 bits per heavy atom. The second-order valence-corrected chi connectivity index (χ2v) is 3.77. The highest BCUT2D eigenvalue weighted by Crippen LogP contribution is 2.10. The molecule has 0 fully saturated rings. The first-order valence-corrected chi connectivity index (χ1v) is 5.74. The molecule has 0 aliphatic heterocycles. The minimum absolute atomic E-state index is 0.0584. The molecule has 0 unspecified atom stereocenters. The monoisotopic (exact) mass is 251 g/mol. The van der Waals surface area contributed by atoms with Crippen LogP contribution in [0, 0.1) is 5.92 Å². The standard InChI is InChI=1S/C13H17NO4/c1-3-17-12-6-4-11(5-7-12)8-14-18-9-10(2)13(15)16/h4-8,10H,3,9H2,1-2H3,(H,15,16)/b14-8+/t10-/m1/s1. The summed E-state index contributed by atoms with van der Waals surface area (Å²) in [6.07, 6.45) is 1.53. The third kappa shape index (κ3) is 4.86. The molecule has 0 aliphatic rings. The van der Waals surface area contributed by atoms with Crippen molar-refractivity contribution in [1.82, 2.24) is 0 Å². The smallest absolute Gasteiger partial charge is 0.309 e. The molecule has 5 heteroatoms. The van der Waals surface area contributed by atoms with Crippen LogP contribution in [0.2, 0.25) is 0 Å². The van der Waals surface area contributed by atoms with Gasteiger partial charge in [0.25, 0.3) is 0 Å². The highest BCUT2D eigenvalue weighted by molar-refractivity contribution is 5.79. The van der Waals surface area contributed by atoms with Crippen LogP contribution in [-0.2, 0) is 9.63 Å². The van der Waals surface area contributed by atoms with Crippen molar-refractivity contribution in [2.24, 2.45) is 11.1 Å². The van der Waals surface area contributed by atoms with E-state index in [4.69, 9.17) is 14.7 Å². The van der Waals surface area contributed by atoms with Crippen LogP contribution < -0.4 is 4.74 Å². The predicted octanol–water partition coefficient (Wildman–Crippen LogP) is 2.16. The maximum absolute atomic E-state index is 10.5. The molecule has 0 radical (unpaired) electrons. The number of benzene rings is 1. The van der Waals surface area contributed by atoms with Gasteiger partial charge in [-0.3, -0.25) is 4.79 Å². The number of ether oxygens (including phenoxy) is 1. The van der Waals surface area contributed by atoms with Crippen molar-refractivity contribution >= 4 is 12.2 Å². The first-order valence-electron chi connectivity index (χ1n) is 5.74. The second-order valence-electron chi connectivity index (χ2n) is 3.77. The van der Waals surface area contributed by atoms with Crippen LogP contribution >= 0.6 is 0 Å². The largest absolute Gasteiger partial charge is 0.494 e. The highest BCUT2D eigenvalue weighted by atomic mass is 16.6. The van der Waals surface area contributed by atoms with Crippen LogP contribution in [0.1, 0.15) is 19.4 Å². The van der Waals surface area contributed by atoms with E-state index in [0.717, 1.165) is 11.3 Å². The van der Waals surface area contributed by atoms with Gasteiger partial charge in [-0.25, -0.2) is 0 Å². The number of aliphatic carboxylic acids is 1. The van der Waals surface area contributed by atoms with Crippen molar-refractivity contribution in [3.8, 4) is 5.75 Å². The molecule has 1 N–H and O–H groups in total. The number of oxime groups is 1. The SMILES string of the molecule is CCOc1ccc(/C=N/OC[C@@H](C)C(=O)O)cc1. The molecular formula is C13H17NO4. The van der Waals surface area contributed by atoms with Crippen molar-refractivity contribution in [1.29, 1.82) is 0 Å². The number of carboxylic acid groups (broad SMARTS) is 1. The van der Waals surface area contributed by atoms with E-state index in [9.17, 15) is 4.79 Å². The fraction of sp³-hybridized carbons (Fsp3) is 0.385. The summed E-state index contributed by atoms with van der Waals surface area (Å²) in [7, 11) is 0. The van der Waals surface area contributed by atoms with E-state index in [-0.39, 0.29) is 6.61 Å². The molecule has 0 saturated heterocycles. The fourth-order valence-electron chi connectivity index (χ4n) is 1.14. The van der Waals surface area contributed by atoms with Gasteiger partial charge >= 0.3 is 5.97 Å². The molecule has 1 atom stereocenters. The zero-order valence-electron chi connectivity index (χ0n) is 10.5. The Hall–Kier alpha value is -2.04. The Kier molecular flexibility index (Phi) is 5.70. The van der Waals surface area contributed by atoms with Crippen LogP contribution in [0.3, 0.4) is 0 Å². The van der Waals surface area contributed by atoms with Crippen molar-refractivity contribution < 1.29 is 19.5 Å². The Labute approximate surface area is 106 Å². The normalized spacial score (nSPS) is 12.3. The number of hydrogen-bond donors (Lipinski definition) is 1. The van der Waals surface area contributed by atoms with E-state index in [1.807, 2.05) is 31.2 Å². The van der Waals surface area contributed by atoms with Gasteiger partial charge in [0.1, 0.15) is 12.4 Å². The molecular weight excluding hydrogens is 234 g/mol. The quantitative estimate of drug-likeness (QED) is 0.595. The topological polar surface area (TPSA) is 68.1 Å². The molecule has 1 aromatic rings. The zero-order chi connectivity index (χ0) is 13.4. The van der Waals surface area contributed by atoms with E-state index in [1.165, 1.54) is 6.21 Å². The maximum Gasteiger partial charge on any atom is 0.309 e. The minimum atomic E-state index is -0.897. The second kappa shape index (κ2) is 7.32. The van der Waals surface area contributed by atoms with Crippen molar-refractivity contribution in [2.75, 3.05) is 13.2 Å². The summed E-state index contributed by atoms with van der Waals surface area (Å²) in [5.74, 6) is -0.663. The lowest BCUT2D eigenvalue weighted by molar-refractivity contribution is -0.143. The third-order valence-electron chi connectivity index (χ3n) is 2.21. The van der Waals surface area contributed by atoms with Gasteiger partial charge in [-0.15, -0.1) is 0 Å². The van der Waals surface area contributed by atoms with Crippen molar-refractivity contribution in [3.05, 3.63) is 29.8 Å². The third-order valence-corrected chi connectivity index (χ3v) is 2.21. The van der Waals surface area contributed by atoms with Crippen LogP contribution in [0.4, 0.5) is 0 Å². The maximum atomic E-state index is 10.5. The van der Waals surface area contributed by atoms with Gasteiger partial charge in [0.05, 0.1) is 18.7 Å². The first kappa shape index (κ1) is 14.0. The summed E-state index contributed by atoms with van der Waals surface area (Å²) >= 11 is 0. The lowest BCUT2D eigenvalue weighted by Crippen LogP contribution is -2.14. The van der Waals surface area contributed by atoms with E-state index in [2.05, 4.69) is 5.16 Å². The van der Waals surface area contributed by atoms with Gasteiger partial charge < -0.3 is 14.7 Å². The zero-order valence-corrected chi connectivity index (χ0v) is 10.5. The average molecular weight is 251 g/mol. The summed E-state index contributed by atoms with van der Waals surface area (Å²) in [6, 6.07) is 7.37. The van der Waals surface area contributed by atoms with E-state index < -0.39 is 11.9 Å². The fourth-order valence-corrected chi connectivity index (χ4v) is 1.14. The van der Waals surface area contributed by atoms with Gasteiger partial charge in [-0.05, 0) is 43.7 Å². The van der Waals surface area contributed by atoms with Crippen molar-refractivity contribution in [3.63, 3.8) is 0 Å². The molecule has 1 aromatic carbocycles.